The molecule has 0 aliphatic heterocycles. The third kappa shape index (κ3) is 4.75. The van der Waals surface area contributed by atoms with Gasteiger partial charge in [-0.05, 0) is 39.0 Å². The fourth-order valence-electron chi connectivity index (χ4n) is 2.94. The van der Waals surface area contributed by atoms with Gasteiger partial charge in [-0.3, -0.25) is 9.59 Å². The molecule has 1 heterocycles. The standard InChI is InChI=1S/C23H23NO6/c1-4-28-13-19-18-10-5-6-11-20(18)30-21(19)23(27)29-15(3)22(26)24-17-9-7-8-16(12-17)14(2)25/h5-12,15H,4,13H2,1-3H3,(H,24,26)/t15-/m0/s1. The highest BCUT2D eigenvalue weighted by Crippen LogP contribution is 2.27. The number of furan rings is 1. The van der Waals surface area contributed by atoms with Crippen molar-refractivity contribution >= 4 is 34.3 Å². The monoisotopic (exact) mass is 409 g/mol. The van der Waals surface area contributed by atoms with Gasteiger partial charge in [-0.2, -0.15) is 0 Å². The molecule has 0 aliphatic carbocycles. The molecule has 7 heteroatoms. The maximum atomic E-state index is 12.7. The van der Waals surface area contributed by atoms with Crippen LogP contribution in [0.4, 0.5) is 5.69 Å². The van der Waals surface area contributed by atoms with Crippen LogP contribution in [0.2, 0.25) is 0 Å². The molecule has 0 saturated carbocycles. The highest BCUT2D eigenvalue weighted by atomic mass is 16.6. The fraction of sp³-hybridized carbons (Fsp3) is 0.261. The summed E-state index contributed by atoms with van der Waals surface area (Å²) in [4.78, 5) is 36.7. The summed E-state index contributed by atoms with van der Waals surface area (Å²) in [5.41, 5.74) is 2.04. The minimum atomic E-state index is -1.08. The topological polar surface area (TPSA) is 94.8 Å². The van der Waals surface area contributed by atoms with Gasteiger partial charge in [-0.15, -0.1) is 0 Å². The van der Waals surface area contributed by atoms with Gasteiger partial charge < -0.3 is 19.2 Å². The van der Waals surface area contributed by atoms with E-state index in [0.717, 1.165) is 5.39 Å². The van der Waals surface area contributed by atoms with Crippen LogP contribution in [0, 0.1) is 0 Å². The van der Waals surface area contributed by atoms with Crippen LogP contribution in [0.3, 0.4) is 0 Å². The number of hydrogen-bond acceptors (Lipinski definition) is 6. The summed E-state index contributed by atoms with van der Waals surface area (Å²) in [5.74, 6) is -1.37. The third-order valence-electron chi connectivity index (χ3n) is 4.52. The molecule has 1 aromatic heterocycles. The summed E-state index contributed by atoms with van der Waals surface area (Å²) in [5, 5.41) is 3.41. The Bertz CT molecular complexity index is 1080. The number of Topliss-reactive ketones (excluding diaryl/α,β-unsaturated/α-hetero) is 1. The molecule has 3 rings (SSSR count). The number of amides is 1. The number of ketones is 1. The van der Waals surface area contributed by atoms with Crippen molar-refractivity contribution in [3.05, 3.63) is 65.4 Å². The number of carbonyl (C=O) groups is 3. The molecule has 2 aromatic carbocycles. The lowest BCUT2D eigenvalue weighted by Gasteiger charge is -2.13. The van der Waals surface area contributed by atoms with Gasteiger partial charge in [0.25, 0.3) is 5.91 Å². The van der Waals surface area contributed by atoms with E-state index in [4.69, 9.17) is 13.9 Å². The van der Waals surface area contributed by atoms with Gasteiger partial charge in [0, 0.05) is 28.8 Å². The summed E-state index contributed by atoms with van der Waals surface area (Å²) in [6, 6.07) is 13.8. The molecule has 0 bridgehead atoms. The van der Waals surface area contributed by atoms with Crippen LogP contribution in [0.15, 0.2) is 52.9 Å². The van der Waals surface area contributed by atoms with Crippen LogP contribution in [0.5, 0.6) is 0 Å². The molecule has 0 saturated heterocycles. The Balaban J connectivity index is 1.74. The highest BCUT2D eigenvalue weighted by Gasteiger charge is 2.26. The zero-order valence-electron chi connectivity index (χ0n) is 17.1. The van der Waals surface area contributed by atoms with Crippen molar-refractivity contribution in [1.82, 2.24) is 0 Å². The molecule has 0 unspecified atom stereocenters. The highest BCUT2D eigenvalue weighted by molar-refractivity contribution is 6.00. The molecule has 1 amide bonds. The number of rotatable bonds is 8. The van der Waals surface area contributed by atoms with E-state index in [2.05, 4.69) is 5.32 Å². The first-order valence-corrected chi connectivity index (χ1v) is 9.61. The predicted molar refractivity (Wildman–Crippen MR) is 111 cm³/mol. The third-order valence-corrected chi connectivity index (χ3v) is 4.52. The summed E-state index contributed by atoms with van der Waals surface area (Å²) in [6.45, 7) is 5.43. The van der Waals surface area contributed by atoms with Gasteiger partial charge >= 0.3 is 5.97 Å². The number of ether oxygens (including phenoxy) is 2. The SMILES string of the molecule is CCOCc1c(C(=O)O[C@@H](C)C(=O)Nc2cccc(C(C)=O)c2)oc2ccccc12. The zero-order chi connectivity index (χ0) is 21.7. The average molecular weight is 409 g/mol. The molecule has 0 radical (unpaired) electrons. The van der Waals surface area contributed by atoms with Gasteiger partial charge in [0.15, 0.2) is 11.9 Å². The lowest BCUT2D eigenvalue weighted by atomic mass is 10.1. The number of carbonyl (C=O) groups excluding carboxylic acids is 3. The number of fused-ring (bicyclic) bond motifs is 1. The van der Waals surface area contributed by atoms with Crippen molar-refractivity contribution in [2.45, 2.75) is 33.5 Å². The van der Waals surface area contributed by atoms with E-state index in [1.165, 1.54) is 13.8 Å². The zero-order valence-corrected chi connectivity index (χ0v) is 17.1. The lowest BCUT2D eigenvalue weighted by Crippen LogP contribution is -2.30. The van der Waals surface area contributed by atoms with Gasteiger partial charge in [0.2, 0.25) is 5.76 Å². The first-order valence-electron chi connectivity index (χ1n) is 9.61. The van der Waals surface area contributed by atoms with Gasteiger partial charge in [-0.1, -0.05) is 30.3 Å². The van der Waals surface area contributed by atoms with E-state index in [1.54, 1.807) is 36.4 Å². The average Bonchev–Trinajstić information content (AvgIpc) is 3.11. The molecular weight excluding hydrogens is 386 g/mol. The van der Waals surface area contributed by atoms with Gasteiger partial charge in [0.1, 0.15) is 5.58 Å². The second-order valence-corrected chi connectivity index (χ2v) is 6.72. The van der Waals surface area contributed by atoms with Crippen molar-refractivity contribution in [2.24, 2.45) is 0 Å². The van der Waals surface area contributed by atoms with E-state index < -0.39 is 18.0 Å². The Morgan fingerprint density at radius 1 is 1.10 bits per heavy atom. The molecule has 1 atom stereocenters. The van der Waals surface area contributed by atoms with Crippen LogP contribution in [-0.4, -0.2) is 30.4 Å². The number of nitrogens with one attached hydrogen (secondary N) is 1. The second-order valence-electron chi connectivity index (χ2n) is 6.72. The molecule has 3 aromatic rings. The van der Waals surface area contributed by atoms with Crippen molar-refractivity contribution in [2.75, 3.05) is 11.9 Å². The number of benzene rings is 2. The summed E-state index contributed by atoms with van der Waals surface area (Å²) in [6.07, 6.45) is -1.08. The van der Waals surface area contributed by atoms with Crippen LogP contribution >= 0.6 is 0 Å². The Kier molecular flexibility index (Phi) is 6.64. The fourth-order valence-corrected chi connectivity index (χ4v) is 2.94. The second kappa shape index (κ2) is 9.37. The van der Waals surface area contributed by atoms with E-state index in [1.807, 2.05) is 19.1 Å². The first-order chi connectivity index (χ1) is 14.4. The summed E-state index contributed by atoms with van der Waals surface area (Å²) >= 11 is 0. The largest absolute Gasteiger partial charge is 0.449 e. The number of para-hydroxylation sites is 1. The molecule has 1 N–H and O–H groups in total. The Labute approximate surface area is 174 Å². The minimum absolute atomic E-state index is 0.0166. The smallest absolute Gasteiger partial charge is 0.375 e. The number of esters is 1. The number of anilines is 1. The van der Waals surface area contributed by atoms with Crippen molar-refractivity contribution in [3.8, 4) is 0 Å². The van der Waals surface area contributed by atoms with E-state index >= 15 is 0 Å². The summed E-state index contributed by atoms with van der Waals surface area (Å²) < 4.78 is 16.5. The van der Waals surface area contributed by atoms with Crippen LogP contribution in [-0.2, 0) is 20.9 Å². The molecular formula is C23H23NO6. The van der Waals surface area contributed by atoms with Crippen molar-refractivity contribution < 1.29 is 28.3 Å². The quantitative estimate of drug-likeness (QED) is 0.439. The van der Waals surface area contributed by atoms with Gasteiger partial charge in [-0.25, -0.2) is 4.79 Å². The molecule has 0 fully saturated rings. The van der Waals surface area contributed by atoms with Crippen LogP contribution < -0.4 is 5.32 Å². The van der Waals surface area contributed by atoms with Crippen LogP contribution in [0.1, 0.15) is 47.2 Å². The summed E-state index contributed by atoms with van der Waals surface area (Å²) in [7, 11) is 0. The van der Waals surface area contributed by atoms with E-state index in [-0.39, 0.29) is 18.2 Å². The maximum Gasteiger partial charge on any atom is 0.375 e. The number of hydrogen-bond donors (Lipinski definition) is 1. The van der Waals surface area contributed by atoms with Gasteiger partial charge in [0.05, 0.1) is 6.61 Å². The Hall–Kier alpha value is -3.45. The molecule has 7 nitrogen and oxygen atoms in total. The lowest BCUT2D eigenvalue weighted by molar-refractivity contribution is -0.123. The molecule has 0 spiro atoms. The van der Waals surface area contributed by atoms with Crippen LogP contribution in [0.25, 0.3) is 11.0 Å². The van der Waals surface area contributed by atoms with Crippen molar-refractivity contribution in [3.63, 3.8) is 0 Å². The molecule has 156 valence electrons. The van der Waals surface area contributed by atoms with E-state index in [9.17, 15) is 14.4 Å². The van der Waals surface area contributed by atoms with Crippen molar-refractivity contribution in [1.29, 1.82) is 0 Å². The Morgan fingerprint density at radius 2 is 1.87 bits per heavy atom. The minimum Gasteiger partial charge on any atom is -0.449 e. The molecule has 30 heavy (non-hydrogen) atoms. The predicted octanol–water partition coefficient (Wildman–Crippen LogP) is 4.36. The Morgan fingerprint density at radius 3 is 2.60 bits per heavy atom. The normalized spacial score (nSPS) is 11.8. The first kappa shape index (κ1) is 21.3. The van der Waals surface area contributed by atoms with E-state index in [0.29, 0.717) is 29.0 Å². The molecule has 0 aliphatic rings. The maximum absolute atomic E-state index is 12.7.